The van der Waals surface area contributed by atoms with Crippen LogP contribution in [-0.2, 0) is 9.53 Å². The number of thioether (sulfide) groups is 1. The van der Waals surface area contributed by atoms with E-state index in [9.17, 15) is 4.79 Å². The summed E-state index contributed by atoms with van der Waals surface area (Å²) in [6.07, 6.45) is 0.571. The minimum absolute atomic E-state index is 0.206. The van der Waals surface area contributed by atoms with Gasteiger partial charge in [-0.15, -0.1) is 0 Å². The van der Waals surface area contributed by atoms with Crippen molar-refractivity contribution >= 4 is 34.1 Å². The Kier molecular flexibility index (Phi) is 6.56. The predicted molar refractivity (Wildman–Crippen MR) is 52.0 cm³/mol. The minimum atomic E-state index is 0.206. The van der Waals surface area contributed by atoms with Gasteiger partial charge in [0.1, 0.15) is 5.78 Å². The van der Waals surface area contributed by atoms with Crippen LogP contribution in [0.15, 0.2) is 0 Å². The Morgan fingerprint density at radius 2 is 2.18 bits per heavy atom. The topological polar surface area (TPSA) is 26.3 Å². The highest BCUT2D eigenvalue weighted by atomic mass is 32.2. The van der Waals surface area contributed by atoms with Crippen LogP contribution in [0, 0.1) is 0 Å². The van der Waals surface area contributed by atoms with Crippen molar-refractivity contribution in [2.24, 2.45) is 0 Å². The molecule has 0 saturated heterocycles. The zero-order valence-corrected chi connectivity index (χ0v) is 8.39. The molecule has 0 aliphatic heterocycles. The highest BCUT2D eigenvalue weighted by molar-refractivity contribution is 8.23. The number of rotatable bonds is 4. The summed E-state index contributed by atoms with van der Waals surface area (Å²) in [6, 6.07) is 0. The lowest BCUT2D eigenvalue weighted by molar-refractivity contribution is -0.116. The van der Waals surface area contributed by atoms with E-state index in [1.165, 1.54) is 11.8 Å². The Labute approximate surface area is 76.7 Å². The number of Topliss-reactive ketones (excluding diaryl/α,β-unsaturated/α-hetero) is 1. The number of ketones is 1. The lowest BCUT2D eigenvalue weighted by atomic mass is 10.4. The molecule has 0 rings (SSSR count). The number of hydrogen-bond donors (Lipinski definition) is 0. The first kappa shape index (κ1) is 10.9. The maximum Gasteiger partial charge on any atom is 0.220 e. The second-order valence-corrected chi connectivity index (χ2v) is 3.44. The van der Waals surface area contributed by atoms with E-state index in [0.29, 0.717) is 23.2 Å². The second-order valence-electron chi connectivity index (χ2n) is 1.86. The fourth-order valence-corrected chi connectivity index (χ4v) is 1.38. The van der Waals surface area contributed by atoms with Gasteiger partial charge in [0.15, 0.2) is 0 Å². The Hall–Kier alpha value is -0.0900. The van der Waals surface area contributed by atoms with Gasteiger partial charge < -0.3 is 4.74 Å². The van der Waals surface area contributed by atoms with Crippen molar-refractivity contribution in [3.05, 3.63) is 0 Å². The maximum atomic E-state index is 10.8. The molecular weight excluding hydrogens is 180 g/mol. The summed E-state index contributed by atoms with van der Waals surface area (Å²) in [4.78, 5) is 10.8. The highest BCUT2D eigenvalue weighted by Crippen LogP contribution is 2.06. The average molecular weight is 192 g/mol. The summed E-state index contributed by atoms with van der Waals surface area (Å²) in [5.41, 5.74) is 0. The van der Waals surface area contributed by atoms with E-state index in [1.807, 2.05) is 13.8 Å². The van der Waals surface area contributed by atoms with Crippen molar-refractivity contribution in [3.8, 4) is 0 Å². The maximum absolute atomic E-state index is 10.8. The smallest absolute Gasteiger partial charge is 0.220 e. The van der Waals surface area contributed by atoms with E-state index < -0.39 is 0 Å². The Bertz CT molecular complexity index is 145. The largest absolute Gasteiger partial charge is 0.479 e. The molecule has 0 aromatic carbocycles. The molecule has 0 unspecified atom stereocenters. The van der Waals surface area contributed by atoms with E-state index in [-0.39, 0.29) is 5.78 Å². The molecule has 0 aromatic heterocycles. The highest BCUT2D eigenvalue weighted by Gasteiger charge is 2.01. The van der Waals surface area contributed by atoms with Gasteiger partial charge in [-0.3, -0.25) is 4.79 Å². The van der Waals surface area contributed by atoms with Crippen molar-refractivity contribution < 1.29 is 9.53 Å². The van der Waals surface area contributed by atoms with Crippen LogP contribution in [0.5, 0.6) is 0 Å². The lowest BCUT2D eigenvalue weighted by Gasteiger charge is -2.01. The Morgan fingerprint density at radius 3 is 2.64 bits per heavy atom. The molecule has 0 aromatic rings. The fraction of sp³-hybridized carbons (Fsp3) is 0.714. The quantitative estimate of drug-likeness (QED) is 0.637. The third-order valence-corrected chi connectivity index (χ3v) is 2.30. The molecule has 11 heavy (non-hydrogen) atoms. The van der Waals surface area contributed by atoms with Gasteiger partial charge in [-0.1, -0.05) is 18.7 Å². The summed E-state index contributed by atoms with van der Waals surface area (Å²) >= 11 is 6.10. The first-order chi connectivity index (χ1) is 5.20. The van der Waals surface area contributed by atoms with Crippen LogP contribution >= 0.6 is 24.0 Å². The zero-order chi connectivity index (χ0) is 8.69. The van der Waals surface area contributed by atoms with Gasteiger partial charge in [-0.2, -0.15) is 0 Å². The zero-order valence-electron chi connectivity index (χ0n) is 6.75. The predicted octanol–water partition coefficient (Wildman–Crippen LogP) is 2.02. The monoisotopic (exact) mass is 192 g/mol. The van der Waals surface area contributed by atoms with Gasteiger partial charge in [-0.05, 0) is 19.1 Å². The molecule has 0 spiro atoms. The molecule has 0 aliphatic rings. The number of ether oxygens (including phenoxy) is 1. The van der Waals surface area contributed by atoms with Gasteiger partial charge in [0, 0.05) is 6.42 Å². The molecule has 0 aliphatic carbocycles. The van der Waals surface area contributed by atoms with E-state index in [4.69, 9.17) is 17.0 Å². The van der Waals surface area contributed by atoms with Gasteiger partial charge in [0.2, 0.25) is 4.38 Å². The van der Waals surface area contributed by atoms with Gasteiger partial charge >= 0.3 is 0 Å². The van der Waals surface area contributed by atoms with Gasteiger partial charge in [0.05, 0.1) is 12.4 Å². The number of carbonyl (C=O) groups excluding carboxylic acids is 1. The van der Waals surface area contributed by atoms with E-state index in [2.05, 4.69) is 0 Å². The van der Waals surface area contributed by atoms with Crippen LogP contribution in [0.3, 0.4) is 0 Å². The van der Waals surface area contributed by atoms with Crippen molar-refractivity contribution in [1.82, 2.24) is 0 Å². The van der Waals surface area contributed by atoms with Crippen molar-refractivity contribution in [3.63, 3.8) is 0 Å². The molecule has 2 nitrogen and oxygen atoms in total. The average Bonchev–Trinajstić information content (AvgIpc) is 2.01. The fourth-order valence-electron chi connectivity index (χ4n) is 0.401. The first-order valence-electron chi connectivity index (χ1n) is 3.52. The van der Waals surface area contributed by atoms with Crippen molar-refractivity contribution in [1.29, 1.82) is 0 Å². The molecule has 0 radical (unpaired) electrons. The summed E-state index contributed by atoms with van der Waals surface area (Å²) < 4.78 is 5.45. The summed E-state index contributed by atoms with van der Waals surface area (Å²) in [7, 11) is 0. The lowest BCUT2D eigenvalue weighted by Crippen LogP contribution is -2.03. The summed E-state index contributed by atoms with van der Waals surface area (Å²) in [6.45, 7) is 4.28. The van der Waals surface area contributed by atoms with Crippen molar-refractivity contribution in [2.75, 3.05) is 12.4 Å². The molecule has 0 fully saturated rings. The Morgan fingerprint density at radius 1 is 1.55 bits per heavy atom. The molecule has 0 heterocycles. The summed E-state index contributed by atoms with van der Waals surface area (Å²) in [5, 5.41) is 0. The molecular formula is C7H12O2S2. The van der Waals surface area contributed by atoms with Crippen LogP contribution in [0.4, 0.5) is 0 Å². The SMILES string of the molecule is CCOC(=S)SCC(=O)CC. The van der Waals surface area contributed by atoms with E-state index in [0.717, 1.165) is 0 Å². The molecule has 4 heteroatoms. The van der Waals surface area contributed by atoms with Crippen LogP contribution in [0.1, 0.15) is 20.3 Å². The van der Waals surface area contributed by atoms with Crippen LogP contribution in [0.2, 0.25) is 0 Å². The number of thiocarbonyl (C=S) groups is 1. The second kappa shape index (κ2) is 6.61. The number of hydrogen-bond acceptors (Lipinski definition) is 4. The Balaban J connectivity index is 3.38. The summed E-state index contributed by atoms with van der Waals surface area (Å²) in [5.74, 6) is 0.645. The molecule has 0 N–H and O–H groups in total. The third kappa shape index (κ3) is 6.31. The molecule has 0 bridgehead atoms. The molecule has 64 valence electrons. The van der Waals surface area contributed by atoms with Crippen LogP contribution < -0.4 is 0 Å². The van der Waals surface area contributed by atoms with E-state index >= 15 is 0 Å². The molecule has 0 saturated carbocycles. The van der Waals surface area contributed by atoms with Crippen LogP contribution in [-0.4, -0.2) is 22.5 Å². The van der Waals surface area contributed by atoms with Crippen LogP contribution in [0.25, 0.3) is 0 Å². The minimum Gasteiger partial charge on any atom is -0.479 e. The normalized spacial score (nSPS) is 9.27. The first-order valence-corrected chi connectivity index (χ1v) is 4.91. The molecule has 0 amide bonds. The number of carbonyl (C=O) groups is 1. The standard InChI is InChI=1S/C7H12O2S2/c1-3-6(8)5-11-7(10)9-4-2/h3-5H2,1-2H3. The van der Waals surface area contributed by atoms with Gasteiger partial charge in [-0.25, -0.2) is 0 Å². The van der Waals surface area contributed by atoms with Gasteiger partial charge in [0.25, 0.3) is 0 Å². The van der Waals surface area contributed by atoms with Crippen molar-refractivity contribution in [2.45, 2.75) is 20.3 Å². The van der Waals surface area contributed by atoms with E-state index in [1.54, 1.807) is 0 Å². The molecule has 0 atom stereocenters. The third-order valence-electron chi connectivity index (χ3n) is 1.01.